The van der Waals surface area contributed by atoms with Crippen molar-refractivity contribution in [3.8, 4) is 0 Å². The molecule has 0 unspecified atom stereocenters. The highest BCUT2D eigenvalue weighted by Gasteiger charge is 2.13. The zero-order valence-electron chi connectivity index (χ0n) is 11.9. The molecule has 0 aromatic heterocycles. The lowest BCUT2D eigenvalue weighted by atomic mass is 10.2. The molecule has 114 valence electrons. The molecular weight excluding hydrogens is 395 g/mol. The van der Waals surface area contributed by atoms with Gasteiger partial charge in [-0.2, -0.15) is 0 Å². The van der Waals surface area contributed by atoms with Crippen LogP contribution in [0.5, 0.6) is 0 Å². The third kappa shape index (κ3) is 4.45. The molecule has 6 heteroatoms. The van der Waals surface area contributed by atoms with Crippen molar-refractivity contribution in [3.05, 3.63) is 57.2 Å². The SMILES string of the molecule is Cc1ccc(NC(=O)COC(=O)c2cc(I)ccc2N)cc1. The zero-order valence-corrected chi connectivity index (χ0v) is 14.1. The van der Waals surface area contributed by atoms with Gasteiger partial charge in [0, 0.05) is 14.9 Å². The van der Waals surface area contributed by atoms with E-state index in [0.717, 1.165) is 9.13 Å². The average molecular weight is 410 g/mol. The summed E-state index contributed by atoms with van der Waals surface area (Å²) in [5, 5.41) is 2.65. The van der Waals surface area contributed by atoms with Crippen LogP contribution in [0.4, 0.5) is 11.4 Å². The van der Waals surface area contributed by atoms with Gasteiger partial charge in [-0.25, -0.2) is 4.79 Å². The molecule has 0 heterocycles. The van der Waals surface area contributed by atoms with Crippen molar-refractivity contribution in [1.29, 1.82) is 0 Å². The fourth-order valence-electron chi connectivity index (χ4n) is 1.75. The van der Waals surface area contributed by atoms with E-state index in [0.29, 0.717) is 11.4 Å². The Morgan fingerprint density at radius 1 is 1.18 bits per heavy atom. The highest BCUT2D eigenvalue weighted by molar-refractivity contribution is 14.1. The van der Waals surface area contributed by atoms with Gasteiger partial charge in [0.25, 0.3) is 5.91 Å². The summed E-state index contributed by atoms with van der Waals surface area (Å²) in [6.45, 7) is 1.59. The Kier molecular flexibility index (Phi) is 5.37. The summed E-state index contributed by atoms with van der Waals surface area (Å²) < 4.78 is 5.85. The third-order valence-electron chi connectivity index (χ3n) is 2.90. The second kappa shape index (κ2) is 7.26. The Bertz CT molecular complexity index is 699. The molecule has 5 nitrogen and oxygen atoms in total. The lowest BCUT2D eigenvalue weighted by Crippen LogP contribution is -2.21. The van der Waals surface area contributed by atoms with Crippen LogP contribution in [0, 0.1) is 10.5 Å². The molecule has 0 saturated heterocycles. The Balaban J connectivity index is 1.91. The molecule has 2 rings (SSSR count). The van der Waals surface area contributed by atoms with Crippen LogP contribution in [0.15, 0.2) is 42.5 Å². The number of nitrogen functional groups attached to an aromatic ring is 1. The van der Waals surface area contributed by atoms with E-state index in [1.807, 2.05) is 19.1 Å². The van der Waals surface area contributed by atoms with Crippen molar-refractivity contribution >= 4 is 45.8 Å². The van der Waals surface area contributed by atoms with Gasteiger partial charge in [-0.05, 0) is 59.8 Å². The van der Waals surface area contributed by atoms with Crippen molar-refractivity contribution in [2.24, 2.45) is 0 Å². The minimum atomic E-state index is -0.616. The van der Waals surface area contributed by atoms with Gasteiger partial charge in [0.1, 0.15) is 0 Å². The number of nitrogens with one attached hydrogen (secondary N) is 1. The number of hydrogen-bond acceptors (Lipinski definition) is 4. The summed E-state index contributed by atoms with van der Waals surface area (Å²) in [7, 11) is 0. The van der Waals surface area contributed by atoms with Gasteiger partial charge in [0.05, 0.1) is 5.56 Å². The molecule has 0 radical (unpaired) electrons. The van der Waals surface area contributed by atoms with E-state index in [1.54, 1.807) is 30.3 Å². The molecular formula is C16H15IN2O3. The van der Waals surface area contributed by atoms with Crippen LogP contribution in [-0.4, -0.2) is 18.5 Å². The second-order valence-electron chi connectivity index (χ2n) is 4.72. The minimum absolute atomic E-state index is 0.259. The van der Waals surface area contributed by atoms with Crippen LogP contribution in [0.1, 0.15) is 15.9 Å². The molecule has 0 aliphatic rings. The van der Waals surface area contributed by atoms with Crippen LogP contribution < -0.4 is 11.1 Å². The molecule has 0 aliphatic carbocycles. The summed E-state index contributed by atoms with van der Waals surface area (Å²) in [6, 6.07) is 12.4. The molecule has 2 aromatic rings. The maximum Gasteiger partial charge on any atom is 0.340 e. The molecule has 0 spiro atoms. The Morgan fingerprint density at radius 3 is 2.55 bits per heavy atom. The standard InChI is InChI=1S/C16H15IN2O3/c1-10-2-5-12(6-3-10)19-15(20)9-22-16(21)13-8-11(17)4-7-14(13)18/h2-8H,9,18H2,1H3,(H,19,20). The molecule has 22 heavy (non-hydrogen) atoms. The van der Waals surface area contributed by atoms with E-state index in [4.69, 9.17) is 10.5 Å². The van der Waals surface area contributed by atoms with Crippen LogP contribution in [-0.2, 0) is 9.53 Å². The average Bonchev–Trinajstić information content (AvgIpc) is 2.49. The quantitative estimate of drug-likeness (QED) is 0.462. The van der Waals surface area contributed by atoms with E-state index in [9.17, 15) is 9.59 Å². The summed E-state index contributed by atoms with van der Waals surface area (Å²) in [6.07, 6.45) is 0. The van der Waals surface area contributed by atoms with Crippen LogP contribution >= 0.6 is 22.6 Å². The van der Waals surface area contributed by atoms with Crippen LogP contribution in [0.25, 0.3) is 0 Å². The largest absolute Gasteiger partial charge is 0.452 e. The second-order valence-corrected chi connectivity index (χ2v) is 5.97. The summed E-state index contributed by atoms with van der Waals surface area (Å²) >= 11 is 2.07. The van der Waals surface area contributed by atoms with E-state index >= 15 is 0 Å². The monoisotopic (exact) mass is 410 g/mol. The fraction of sp³-hybridized carbons (Fsp3) is 0.125. The molecule has 3 N–H and O–H groups in total. The molecule has 0 fully saturated rings. The Hall–Kier alpha value is -2.09. The first-order chi connectivity index (χ1) is 10.5. The predicted molar refractivity (Wildman–Crippen MR) is 93.7 cm³/mol. The predicted octanol–water partition coefficient (Wildman–Crippen LogP) is 2.98. The zero-order chi connectivity index (χ0) is 16.1. The van der Waals surface area contributed by atoms with Gasteiger partial charge in [-0.3, -0.25) is 4.79 Å². The highest BCUT2D eigenvalue weighted by atomic mass is 127. The number of carbonyl (C=O) groups is 2. The first kappa shape index (κ1) is 16.3. The van der Waals surface area contributed by atoms with Crippen molar-refractivity contribution < 1.29 is 14.3 Å². The van der Waals surface area contributed by atoms with Gasteiger partial charge in [-0.1, -0.05) is 17.7 Å². The number of ether oxygens (including phenoxy) is 1. The molecule has 0 aliphatic heterocycles. The number of halogens is 1. The number of rotatable bonds is 4. The lowest BCUT2D eigenvalue weighted by Gasteiger charge is -2.08. The maximum absolute atomic E-state index is 11.9. The van der Waals surface area contributed by atoms with E-state index in [-0.39, 0.29) is 12.2 Å². The molecule has 0 saturated carbocycles. The van der Waals surface area contributed by atoms with Crippen molar-refractivity contribution in [2.75, 3.05) is 17.7 Å². The number of hydrogen-bond donors (Lipinski definition) is 2. The fourth-order valence-corrected chi connectivity index (χ4v) is 2.24. The lowest BCUT2D eigenvalue weighted by molar-refractivity contribution is -0.119. The number of benzene rings is 2. The maximum atomic E-state index is 11.9. The minimum Gasteiger partial charge on any atom is -0.452 e. The Morgan fingerprint density at radius 2 is 1.86 bits per heavy atom. The smallest absolute Gasteiger partial charge is 0.340 e. The molecule has 0 bridgehead atoms. The number of anilines is 2. The third-order valence-corrected chi connectivity index (χ3v) is 3.58. The van der Waals surface area contributed by atoms with Crippen molar-refractivity contribution in [2.45, 2.75) is 6.92 Å². The van der Waals surface area contributed by atoms with Gasteiger partial charge in [0.15, 0.2) is 6.61 Å². The number of aryl methyl sites for hydroxylation is 1. The van der Waals surface area contributed by atoms with E-state index in [1.165, 1.54) is 0 Å². The summed E-state index contributed by atoms with van der Waals surface area (Å²) in [4.78, 5) is 23.7. The first-order valence-corrected chi connectivity index (χ1v) is 7.62. The van der Waals surface area contributed by atoms with Crippen molar-refractivity contribution in [1.82, 2.24) is 0 Å². The number of carbonyl (C=O) groups excluding carboxylic acids is 2. The normalized spacial score (nSPS) is 10.1. The number of esters is 1. The van der Waals surface area contributed by atoms with E-state index in [2.05, 4.69) is 27.9 Å². The molecule has 1 amide bonds. The number of amides is 1. The van der Waals surface area contributed by atoms with Crippen LogP contribution in [0.3, 0.4) is 0 Å². The highest BCUT2D eigenvalue weighted by Crippen LogP contribution is 2.16. The molecule has 0 atom stereocenters. The van der Waals surface area contributed by atoms with E-state index < -0.39 is 11.9 Å². The molecule has 2 aromatic carbocycles. The van der Waals surface area contributed by atoms with Gasteiger partial charge in [-0.15, -0.1) is 0 Å². The Labute approximate surface area is 142 Å². The number of nitrogens with two attached hydrogens (primary N) is 1. The van der Waals surface area contributed by atoms with Gasteiger partial charge >= 0.3 is 5.97 Å². The summed E-state index contributed by atoms with van der Waals surface area (Å²) in [5.41, 5.74) is 8.06. The van der Waals surface area contributed by atoms with Gasteiger partial charge in [0.2, 0.25) is 0 Å². The van der Waals surface area contributed by atoms with Crippen molar-refractivity contribution in [3.63, 3.8) is 0 Å². The summed E-state index contributed by atoms with van der Waals surface area (Å²) in [5.74, 6) is -1.02. The first-order valence-electron chi connectivity index (χ1n) is 6.54. The topological polar surface area (TPSA) is 81.4 Å². The van der Waals surface area contributed by atoms with Gasteiger partial charge < -0.3 is 15.8 Å². The van der Waals surface area contributed by atoms with Crippen LogP contribution in [0.2, 0.25) is 0 Å².